The molecule has 0 atom stereocenters. The monoisotopic (exact) mass is 236 g/mol. The Labute approximate surface area is 97.8 Å². The zero-order valence-corrected chi connectivity index (χ0v) is 9.30. The van der Waals surface area contributed by atoms with Crippen LogP contribution in [0.4, 0.5) is 11.4 Å². The number of rotatable bonds is 5. The number of hydrogen-bond donors (Lipinski definition) is 1. The highest BCUT2D eigenvalue weighted by molar-refractivity contribution is 5.93. The number of non-ortho nitro benzene ring substituents is 1. The van der Waals surface area contributed by atoms with Crippen molar-refractivity contribution in [3.05, 3.63) is 34.4 Å². The van der Waals surface area contributed by atoms with Gasteiger partial charge in [-0.05, 0) is 19.1 Å². The Balaban J connectivity index is 2.54. The molecule has 17 heavy (non-hydrogen) atoms. The summed E-state index contributed by atoms with van der Waals surface area (Å²) in [4.78, 5) is 31.9. The Bertz CT molecular complexity index is 439. The van der Waals surface area contributed by atoms with Crippen molar-refractivity contribution < 1.29 is 14.5 Å². The molecule has 0 aliphatic rings. The molecule has 0 heterocycles. The number of nitrogens with zero attached hydrogens (tertiary/aromatic N) is 1. The largest absolute Gasteiger partial charge is 0.326 e. The molecule has 0 radical (unpaired) electrons. The summed E-state index contributed by atoms with van der Waals surface area (Å²) in [5.41, 5.74) is 0.441. The van der Waals surface area contributed by atoms with Crippen LogP contribution in [-0.4, -0.2) is 16.6 Å². The highest BCUT2D eigenvalue weighted by atomic mass is 16.6. The fraction of sp³-hybridized carbons (Fsp3) is 0.273. The van der Waals surface area contributed by atoms with Crippen LogP contribution in [0.1, 0.15) is 19.8 Å². The second-order valence-corrected chi connectivity index (χ2v) is 3.55. The summed E-state index contributed by atoms with van der Waals surface area (Å²) in [6.45, 7) is 1.42. The van der Waals surface area contributed by atoms with Crippen LogP contribution in [0, 0.1) is 10.1 Å². The third-order valence-corrected chi connectivity index (χ3v) is 2.07. The molecule has 1 aromatic rings. The lowest BCUT2D eigenvalue weighted by atomic mass is 10.2. The van der Waals surface area contributed by atoms with E-state index in [4.69, 9.17) is 0 Å². The molecule has 90 valence electrons. The first-order chi connectivity index (χ1) is 7.99. The number of carbonyl (C=O) groups is 2. The van der Waals surface area contributed by atoms with Crippen LogP contribution in [0.25, 0.3) is 0 Å². The van der Waals surface area contributed by atoms with E-state index in [1.807, 2.05) is 0 Å². The maximum Gasteiger partial charge on any atom is 0.269 e. The predicted octanol–water partition coefficient (Wildman–Crippen LogP) is 1.90. The van der Waals surface area contributed by atoms with Gasteiger partial charge in [-0.1, -0.05) is 0 Å². The van der Waals surface area contributed by atoms with Gasteiger partial charge in [0.25, 0.3) is 5.69 Å². The Kier molecular flexibility index (Phi) is 4.33. The number of benzene rings is 1. The van der Waals surface area contributed by atoms with Crippen molar-refractivity contribution in [2.75, 3.05) is 5.32 Å². The lowest BCUT2D eigenvalue weighted by Crippen LogP contribution is -2.12. The summed E-state index contributed by atoms with van der Waals surface area (Å²) in [6.07, 6.45) is 0.311. The molecule has 0 aromatic heterocycles. The number of amides is 1. The average Bonchev–Trinajstić information content (AvgIpc) is 2.27. The van der Waals surface area contributed by atoms with Gasteiger partial charge in [0.2, 0.25) is 5.91 Å². The van der Waals surface area contributed by atoms with E-state index in [1.54, 1.807) is 0 Å². The first-order valence-corrected chi connectivity index (χ1v) is 5.03. The number of hydrogen-bond acceptors (Lipinski definition) is 4. The van der Waals surface area contributed by atoms with Gasteiger partial charge in [-0.2, -0.15) is 0 Å². The van der Waals surface area contributed by atoms with Crippen LogP contribution in [0.5, 0.6) is 0 Å². The molecule has 1 aromatic carbocycles. The van der Waals surface area contributed by atoms with Crippen molar-refractivity contribution in [3.8, 4) is 0 Å². The lowest BCUT2D eigenvalue weighted by molar-refractivity contribution is -0.384. The van der Waals surface area contributed by atoms with Gasteiger partial charge in [0.1, 0.15) is 5.78 Å². The van der Waals surface area contributed by atoms with E-state index in [9.17, 15) is 19.7 Å². The molecular formula is C11H12N2O4. The van der Waals surface area contributed by atoms with Gasteiger partial charge < -0.3 is 10.1 Å². The minimum atomic E-state index is -0.513. The molecule has 0 fully saturated rings. The third-order valence-electron chi connectivity index (χ3n) is 2.07. The molecule has 6 heteroatoms. The Morgan fingerprint density at radius 3 is 2.29 bits per heavy atom. The SMILES string of the molecule is CC(=O)CCC(=O)Nc1ccc([N+](=O)[O-])cc1. The van der Waals surface area contributed by atoms with Gasteiger partial charge in [0.05, 0.1) is 4.92 Å². The third kappa shape index (κ3) is 4.42. The van der Waals surface area contributed by atoms with Gasteiger partial charge in [-0.25, -0.2) is 0 Å². The zero-order chi connectivity index (χ0) is 12.8. The number of nitro groups is 1. The van der Waals surface area contributed by atoms with Crippen molar-refractivity contribution in [1.29, 1.82) is 0 Å². The van der Waals surface area contributed by atoms with E-state index < -0.39 is 4.92 Å². The highest BCUT2D eigenvalue weighted by Gasteiger charge is 2.07. The minimum Gasteiger partial charge on any atom is -0.326 e. The molecule has 0 spiro atoms. The number of carbonyl (C=O) groups excluding carboxylic acids is 2. The number of Topliss-reactive ketones (excluding diaryl/α,β-unsaturated/α-hetero) is 1. The lowest BCUT2D eigenvalue weighted by Gasteiger charge is -2.03. The van der Waals surface area contributed by atoms with Crippen LogP contribution in [0.2, 0.25) is 0 Å². The topological polar surface area (TPSA) is 89.3 Å². The van der Waals surface area contributed by atoms with Gasteiger partial charge in [0, 0.05) is 30.7 Å². The summed E-state index contributed by atoms with van der Waals surface area (Å²) < 4.78 is 0. The molecule has 0 aliphatic heterocycles. The van der Waals surface area contributed by atoms with Crippen LogP contribution >= 0.6 is 0 Å². The smallest absolute Gasteiger partial charge is 0.269 e. The first kappa shape index (κ1) is 12.8. The standard InChI is InChI=1S/C11H12N2O4/c1-8(14)2-7-11(15)12-9-3-5-10(6-4-9)13(16)17/h3-6H,2,7H2,1H3,(H,12,15). The molecule has 0 saturated heterocycles. The van der Waals surface area contributed by atoms with E-state index in [2.05, 4.69) is 5.32 Å². The minimum absolute atomic E-state index is 0.0354. The second-order valence-electron chi connectivity index (χ2n) is 3.55. The molecule has 0 unspecified atom stereocenters. The van der Waals surface area contributed by atoms with Crippen molar-refractivity contribution in [2.24, 2.45) is 0 Å². The highest BCUT2D eigenvalue weighted by Crippen LogP contribution is 2.15. The van der Waals surface area contributed by atoms with Crippen LogP contribution in [-0.2, 0) is 9.59 Å². The Morgan fingerprint density at radius 1 is 1.24 bits per heavy atom. The van der Waals surface area contributed by atoms with Crippen LogP contribution in [0.3, 0.4) is 0 Å². The Hall–Kier alpha value is -2.24. The van der Waals surface area contributed by atoms with Crippen molar-refractivity contribution >= 4 is 23.1 Å². The van der Waals surface area contributed by atoms with Gasteiger partial charge >= 0.3 is 0 Å². The number of anilines is 1. The van der Waals surface area contributed by atoms with E-state index >= 15 is 0 Å². The van der Waals surface area contributed by atoms with E-state index in [1.165, 1.54) is 31.2 Å². The average molecular weight is 236 g/mol. The zero-order valence-electron chi connectivity index (χ0n) is 9.30. The van der Waals surface area contributed by atoms with Crippen LogP contribution in [0.15, 0.2) is 24.3 Å². The van der Waals surface area contributed by atoms with Crippen molar-refractivity contribution in [3.63, 3.8) is 0 Å². The fourth-order valence-corrected chi connectivity index (χ4v) is 1.18. The van der Waals surface area contributed by atoms with Gasteiger partial charge in [-0.3, -0.25) is 14.9 Å². The molecule has 1 rings (SSSR count). The first-order valence-electron chi connectivity index (χ1n) is 5.03. The van der Waals surface area contributed by atoms with Crippen molar-refractivity contribution in [1.82, 2.24) is 0 Å². The summed E-state index contributed by atoms with van der Waals surface area (Å²) in [5, 5.41) is 12.9. The van der Waals surface area contributed by atoms with Gasteiger partial charge in [-0.15, -0.1) is 0 Å². The molecule has 0 saturated carbocycles. The summed E-state index contributed by atoms with van der Waals surface area (Å²) in [6, 6.07) is 5.51. The van der Waals surface area contributed by atoms with Crippen molar-refractivity contribution in [2.45, 2.75) is 19.8 Å². The molecule has 0 aliphatic carbocycles. The molecule has 1 N–H and O–H groups in total. The summed E-state index contributed by atoms with van der Waals surface area (Å²) in [7, 11) is 0. The normalized spacial score (nSPS) is 9.71. The number of ketones is 1. The maximum atomic E-state index is 11.3. The second kappa shape index (κ2) is 5.74. The summed E-state index contributed by atoms with van der Waals surface area (Å²) in [5.74, 6) is -0.335. The van der Waals surface area contributed by atoms with Gasteiger partial charge in [0.15, 0.2) is 0 Å². The Morgan fingerprint density at radius 2 is 1.82 bits per heavy atom. The van der Waals surface area contributed by atoms with Crippen LogP contribution < -0.4 is 5.32 Å². The molecule has 6 nitrogen and oxygen atoms in total. The summed E-state index contributed by atoms with van der Waals surface area (Å²) >= 11 is 0. The molecule has 1 amide bonds. The fourth-order valence-electron chi connectivity index (χ4n) is 1.18. The molecule has 0 bridgehead atoms. The molecular weight excluding hydrogens is 224 g/mol. The quantitative estimate of drug-likeness (QED) is 0.624. The van der Waals surface area contributed by atoms with E-state index in [0.717, 1.165) is 0 Å². The van der Waals surface area contributed by atoms with E-state index in [0.29, 0.717) is 5.69 Å². The number of nitro benzene ring substituents is 1. The number of nitrogens with one attached hydrogen (secondary N) is 1. The maximum absolute atomic E-state index is 11.3. The van der Waals surface area contributed by atoms with E-state index in [-0.39, 0.29) is 30.2 Å². The predicted molar refractivity (Wildman–Crippen MR) is 61.6 cm³/mol.